The lowest BCUT2D eigenvalue weighted by Gasteiger charge is -2.17. The van der Waals surface area contributed by atoms with Crippen molar-refractivity contribution in [2.45, 2.75) is 6.92 Å². The van der Waals surface area contributed by atoms with Crippen LogP contribution in [0.1, 0.15) is 6.92 Å². The lowest BCUT2D eigenvalue weighted by molar-refractivity contribution is 0.555. The van der Waals surface area contributed by atoms with Crippen molar-refractivity contribution >= 4 is 6.21 Å². The molecule has 0 radical (unpaired) electrons. The normalized spacial score (nSPS) is 12.2. The number of aliphatic imine (C=N–C) groups is 1. The highest BCUT2D eigenvalue weighted by molar-refractivity contribution is 5.56. The molecule has 3 N–H and O–H groups in total. The van der Waals surface area contributed by atoms with E-state index in [4.69, 9.17) is 5.73 Å². The highest BCUT2D eigenvalue weighted by atomic mass is 15.2. The molecule has 0 atom stereocenters. The number of rotatable bonds is 5. The van der Waals surface area contributed by atoms with Gasteiger partial charge in [-0.3, -0.25) is 0 Å². The van der Waals surface area contributed by atoms with Crippen molar-refractivity contribution in [3.8, 4) is 0 Å². The number of nitrogens with one attached hydrogen (secondary N) is 1. The number of hydrogen-bond donors (Lipinski definition) is 2. The topological polar surface area (TPSA) is 53.6 Å². The fourth-order valence-electron chi connectivity index (χ4n) is 0.829. The Bertz CT molecular complexity index is 276. The van der Waals surface area contributed by atoms with Crippen LogP contribution in [-0.4, -0.2) is 25.2 Å². The van der Waals surface area contributed by atoms with Crippen LogP contribution >= 0.6 is 0 Å². The third kappa shape index (κ3) is 2.97. The highest BCUT2D eigenvalue weighted by Gasteiger charge is 2.06. The molecule has 0 saturated carbocycles. The van der Waals surface area contributed by atoms with Gasteiger partial charge in [-0.25, -0.2) is 4.99 Å². The molecule has 0 fully saturated rings. The molecule has 0 aliphatic carbocycles. The van der Waals surface area contributed by atoms with E-state index in [9.17, 15) is 0 Å². The van der Waals surface area contributed by atoms with E-state index >= 15 is 0 Å². The first kappa shape index (κ1) is 12.3. The predicted molar refractivity (Wildman–Crippen MR) is 61.5 cm³/mol. The average molecular weight is 194 g/mol. The van der Waals surface area contributed by atoms with Crippen molar-refractivity contribution < 1.29 is 0 Å². The zero-order valence-electron chi connectivity index (χ0n) is 9.04. The minimum atomic E-state index is 0.507. The van der Waals surface area contributed by atoms with Gasteiger partial charge in [-0.1, -0.05) is 13.2 Å². The summed E-state index contributed by atoms with van der Waals surface area (Å²) in [4.78, 5) is 5.88. The molecule has 0 aromatic carbocycles. The second-order valence-electron chi connectivity index (χ2n) is 2.65. The van der Waals surface area contributed by atoms with E-state index in [2.05, 4.69) is 23.5 Å². The van der Waals surface area contributed by atoms with Crippen molar-refractivity contribution in [1.82, 2.24) is 10.2 Å². The Morgan fingerprint density at radius 3 is 2.50 bits per heavy atom. The van der Waals surface area contributed by atoms with Gasteiger partial charge >= 0.3 is 0 Å². The first-order chi connectivity index (χ1) is 6.58. The van der Waals surface area contributed by atoms with Gasteiger partial charge in [0, 0.05) is 20.3 Å². The van der Waals surface area contributed by atoms with Crippen LogP contribution in [0.15, 0.2) is 41.6 Å². The largest absolute Gasteiger partial charge is 0.394 e. The molecule has 14 heavy (non-hydrogen) atoms. The second kappa shape index (κ2) is 5.85. The van der Waals surface area contributed by atoms with Gasteiger partial charge < -0.3 is 16.0 Å². The van der Waals surface area contributed by atoms with Crippen molar-refractivity contribution in [3.63, 3.8) is 0 Å². The van der Waals surface area contributed by atoms with Gasteiger partial charge in [0.15, 0.2) is 5.82 Å². The molecule has 78 valence electrons. The maximum absolute atomic E-state index is 5.85. The molecule has 0 unspecified atom stereocenters. The summed E-state index contributed by atoms with van der Waals surface area (Å²) in [5.74, 6) is 0.627. The maximum Gasteiger partial charge on any atom is 0.157 e. The molecule has 0 bridgehead atoms. The Hall–Kier alpha value is -1.71. The van der Waals surface area contributed by atoms with Crippen LogP contribution in [0.4, 0.5) is 0 Å². The van der Waals surface area contributed by atoms with Crippen LogP contribution < -0.4 is 11.1 Å². The summed E-state index contributed by atoms with van der Waals surface area (Å²) in [7, 11) is 3.58. The van der Waals surface area contributed by atoms with E-state index < -0.39 is 0 Å². The van der Waals surface area contributed by atoms with Crippen LogP contribution in [0.5, 0.6) is 0 Å². The third-order valence-electron chi connectivity index (χ3n) is 1.73. The minimum Gasteiger partial charge on any atom is -0.394 e. The summed E-state index contributed by atoms with van der Waals surface area (Å²) >= 11 is 0. The summed E-state index contributed by atoms with van der Waals surface area (Å²) in [6.07, 6.45) is 3.31. The zero-order valence-corrected chi connectivity index (χ0v) is 9.04. The minimum absolute atomic E-state index is 0.507. The van der Waals surface area contributed by atoms with Crippen molar-refractivity contribution in [1.29, 1.82) is 0 Å². The Balaban J connectivity index is 5.13. The van der Waals surface area contributed by atoms with E-state index in [-0.39, 0.29) is 0 Å². The first-order valence-corrected chi connectivity index (χ1v) is 4.29. The quantitative estimate of drug-likeness (QED) is 0.507. The molecule has 0 heterocycles. The predicted octanol–water partition coefficient (Wildman–Crippen LogP) is 1.01. The molecule has 0 aliphatic heterocycles. The monoisotopic (exact) mass is 194 g/mol. The fraction of sp³-hybridized carbons (Fsp3) is 0.300. The Morgan fingerprint density at radius 1 is 1.57 bits per heavy atom. The molecular formula is C10H18N4. The smallest absolute Gasteiger partial charge is 0.157 e. The molecule has 0 saturated heterocycles. The van der Waals surface area contributed by atoms with Gasteiger partial charge in [-0.2, -0.15) is 0 Å². The van der Waals surface area contributed by atoms with E-state index in [0.717, 1.165) is 0 Å². The standard InChI is InChI=1S/C10H18N4/c1-6-13-10(14(5)7-2)9(11)8(3)12-4/h6-7,12H,2-3,11H2,1,4-5H3/b10-9-,13-6?. The molecule has 0 rings (SSSR count). The Labute approximate surface area is 85.5 Å². The molecule has 4 nitrogen and oxygen atoms in total. The van der Waals surface area contributed by atoms with Gasteiger partial charge in [0.1, 0.15) is 0 Å². The Morgan fingerprint density at radius 2 is 2.14 bits per heavy atom. The molecule has 0 aliphatic rings. The second-order valence-corrected chi connectivity index (χ2v) is 2.65. The van der Waals surface area contributed by atoms with Crippen molar-refractivity contribution in [2.75, 3.05) is 14.1 Å². The number of nitrogens with zero attached hydrogens (tertiary/aromatic N) is 2. The highest BCUT2D eigenvalue weighted by Crippen LogP contribution is 2.10. The summed E-state index contributed by atoms with van der Waals surface area (Å²) in [6.45, 7) is 9.23. The summed E-state index contributed by atoms with van der Waals surface area (Å²) < 4.78 is 0. The summed E-state index contributed by atoms with van der Waals surface area (Å²) in [5, 5.41) is 2.87. The lowest BCUT2D eigenvalue weighted by Crippen LogP contribution is -2.20. The zero-order chi connectivity index (χ0) is 11.1. The molecule has 0 amide bonds. The summed E-state index contributed by atoms with van der Waals surface area (Å²) in [5.41, 5.74) is 6.99. The number of likely N-dealkylation sites (N-methyl/N-ethyl adjacent to an activating group) is 1. The van der Waals surface area contributed by atoms with E-state index in [1.54, 1.807) is 24.4 Å². The maximum atomic E-state index is 5.85. The van der Waals surface area contributed by atoms with Crippen molar-refractivity contribution in [3.05, 3.63) is 36.6 Å². The van der Waals surface area contributed by atoms with Crippen LogP contribution in [0, 0.1) is 0 Å². The van der Waals surface area contributed by atoms with E-state index in [1.165, 1.54) is 0 Å². The van der Waals surface area contributed by atoms with Crippen LogP contribution in [-0.2, 0) is 0 Å². The van der Waals surface area contributed by atoms with E-state index in [0.29, 0.717) is 17.2 Å². The third-order valence-corrected chi connectivity index (χ3v) is 1.73. The van der Waals surface area contributed by atoms with Gasteiger partial charge in [-0.05, 0) is 13.1 Å². The van der Waals surface area contributed by atoms with Crippen LogP contribution in [0.25, 0.3) is 0 Å². The fourth-order valence-corrected chi connectivity index (χ4v) is 0.829. The molecule has 4 heteroatoms. The first-order valence-electron chi connectivity index (χ1n) is 4.29. The summed E-state index contributed by atoms with van der Waals surface area (Å²) in [6, 6.07) is 0. The molecule has 0 spiro atoms. The number of nitrogens with two attached hydrogens (primary N) is 1. The molecular weight excluding hydrogens is 176 g/mol. The van der Waals surface area contributed by atoms with Gasteiger partial charge in [0.2, 0.25) is 0 Å². The molecule has 0 aromatic rings. The number of hydrogen-bond acceptors (Lipinski definition) is 4. The SMILES string of the molecule is C=CN(C)/C(N=CC)=C(\N)C(=C)NC. The van der Waals surface area contributed by atoms with Gasteiger partial charge in [0.25, 0.3) is 0 Å². The van der Waals surface area contributed by atoms with Crippen molar-refractivity contribution in [2.24, 2.45) is 10.7 Å². The lowest BCUT2D eigenvalue weighted by atomic mass is 10.3. The van der Waals surface area contributed by atoms with Gasteiger partial charge in [0.05, 0.1) is 11.4 Å². The van der Waals surface area contributed by atoms with Gasteiger partial charge in [-0.15, -0.1) is 0 Å². The van der Waals surface area contributed by atoms with Crippen LogP contribution in [0.2, 0.25) is 0 Å². The molecule has 0 aromatic heterocycles. The van der Waals surface area contributed by atoms with Crippen LogP contribution in [0.3, 0.4) is 0 Å². The Kier molecular flexibility index (Phi) is 5.14. The van der Waals surface area contributed by atoms with E-state index in [1.807, 2.05) is 14.0 Å². The average Bonchev–Trinajstić information content (AvgIpc) is 2.22.